The Labute approximate surface area is 74.1 Å². The summed E-state index contributed by atoms with van der Waals surface area (Å²) in [5.41, 5.74) is -2.44. The van der Waals surface area contributed by atoms with Gasteiger partial charge in [-0.25, -0.2) is 0 Å². The van der Waals surface area contributed by atoms with Gasteiger partial charge in [0.15, 0.2) is 5.60 Å². The molecule has 2 aliphatic heterocycles. The molecule has 0 aromatic carbocycles. The maximum absolute atomic E-state index is 12.4. The Balaban J connectivity index is 2.17. The molecule has 0 radical (unpaired) electrons. The maximum atomic E-state index is 12.4. The number of piperidine rings is 1. The average molecular weight is 195 g/mol. The molecule has 2 heterocycles. The molecule has 2 aliphatic rings. The van der Waals surface area contributed by atoms with Crippen molar-refractivity contribution in [2.45, 2.75) is 49.5 Å². The zero-order valence-electron chi connectivity index (χ0n) is 7.06. The van der Waals surface area contributed by atoms with E-state index in [9.17, 15) is 18.3 Å². The Morgan fingerprint density at radius 1 is 1.15 bits per heavy atom. The van der Waals surface area contributed by atoms with E-state index in [0.29, 0.717) is 0 Å². The monoisotopic (exact) mass is 195 g/mol. The summed E-state index contributed by atoms with van der Waals surface area (Å²) >= 11 is 0. The molecule has 0 unspecified atom stereocenters. The minimum atomic E-state index is -4.48. The molecule has 0 saturated carbocycles. The number of halogens is 3. The van der Waals surface area contributed by atoms with Crippen LogP contribution in [0.3, 0.4) is 0 Å². The van der Waals surface area contributed by atoms with Crippen LogP contribution >= 0.6 is 0 Å². The van der Waals surface area contributed by atoms with Crippen LogP contribution in [0.1, 0.15) is 25.7 Å². The highest BCUT2D eigenvalue weighted by Gasteiger charge is 2.58. The van der Waals surface area contributed by atoms with Gasteiger partial charge in [-0.3, -0.25) is 0 Å². The molecule has 76 valence electrons. The lowest BCUT2D eigenvalue weighted by Crippen LogP contribution is -2.56. The SMILES string of the molecule is OC1(C(F)(F)F)C[C@H]2CC[C@H](C1)N2. The summed E-state index contributed by atoms with van der Waals surface area (Å²) in [6.45, 7) is 0. The number of aliphatic hydroxyl groups is 1. The standard InChI is InChI=1S/C8H12F3NO/c9-8(10,11)7(13)3-5-1-2-6(4-7)12-5/h5-6,12-13H,1-4H2/t5-,6-/m1/s1. The lowest BCUT2D eigenvalue weighted by Gasteiger charge is -2.38. The Morgan fingerprint density at radius 2 is 1.62 bits per heavy atom. The zero-order valence-corrected chi connectivity index (χ0v) is 7.06. The first-order chi connectivity index (χ1) is 5.91. The molecule has 2 atom stereocenters. The lowest BCUT2D eigenvalue weighted by atomic mass is 9.87. The van der Waals surface area contributed by atoms with Gasteiger partial charge in [-0.1, -0.05) is 0 Å². The molecule has 2 nitrogen and oxygen atoms in total. The van der Waals surface area contributed by atoms with E-state index >= 15 is 0 Å². The number of alkyl halides is 3. The summed E-state index contributed by atoms with van der Waals surface area (Å²) in [4.78, 5) is 0. The third kappa shape index (κ3) is 1.44. The van der Waals surface area contributed by atoms with Crippen molar-refractivity contribution in [3.8, 4) is 0 Å². The van der Waals surface area contributed by atoms with Crippen molar-refractivity contribution in [3.63, 3.8) is 0 Å². The van der Waals surface area contributed by atoms with Crippen molar-refractivity contribution < 1.29 is 18.3 Å². The summed E-state index contributed by atoms with van der Waals surface area (Å²) in [7, 11) is 0. The molecule has 0 spiro atoms. The molecule has 13 heavy (non-hydrogen) atoms. The van der Waals surface area contributed by atoms with Gasteiger partial charge in [0, 0.05) is 24.9 Å². The molecule has 0 amide bonds. The second-order valence-corrected chi connectivity index (χ2v) is 4.08. The van der Waals surface area contributed by atoms with Crippen LogP contribution in [0.25, 0.3) is 0 Å². The molecule has 0 aromatic heterocycles. The van der Waals surface area contributed by atoms with Gasteiger partial charge in [0.05, 0.1) is 0 Å². The van der Waals surface area contributed by atoms with Crippen molar-refractivity contribution in [2.24, 2.45) is 0 Å². The lowest BCUT2D eigenvalue weighted by molar-refractivity contribution is -0.271. The van der Waals surface area contributed by atoms with Gasteiger partial charge in [0.1, 0.15) is 0 Å². The molecule has 0 aromatic rings. The van der Waals surface area contributed by atoms with E-state index < -0.39 is 11.8 Å². The summed E-state index contributed by atoms with van der Waals surface area (Å²) in [6.07, 6.45) is -3.35. The first kappa shape index (κ1) is 9.27. The predicted octanol–water partition coefficient (Wildman–Crippen LogP) is 1.19. The molecule has 2 N–H and O–H groups in total. The van der Waals surface area contributed by atoms with E-state index in [2.05, 4.69) is 5.32 Å². The molecular formula is C8H12F3NO. The van der Waals surface area contributed by atoms with Gasteiger partial charge < -0.3 is 10.4 Å². The van der Waals surface area contributed by atoms with E-state index in [1.807, 2.05) is 0 Å². The van der Waals surface area contributed by atoms with Crippen LogP contribution in [0.4, 0.5) is 13.2 Å². The van der Waals surface area contributed by atoms with Crippen molar-refractivity contribution >= 4 is 0 Å². The van der Waals surface area contributed by atoms with Gasteiger partial charge in [-0.05, 0) is 12.8 Å². The quantitative estimate of drug-likeness (QED) is 0.608. The Morgan fingerprint density at radius 3 is 2.00 bits per heavy atom. The molecule has 2 rings (SSSR count). The fourth-order valence-electron chi connectivity index (χ4n) is 2.35. The largest absolute Gasteiger partial charge is 0.417 e. The molecule has 5 heteroatoms. The summed E-state index contributed by atoms with van der Waals surface area (Å²) in [5.74, 6) is 0. The topological polar surface area (TPSA) is 32.3 Å². The Kier molecular flexibility index (Phi) is 1.86. The highest BCUT2D eigenvalue weighted by atomic mass is 19.4. The zero-order chi connectivity index (χ0) is 9.69. The van der Waals surface area contributed by atoms with Crippen LogP contribution < -0.4 is 5.32 Å². The van der Waals surface area contributed by atoms with E-state index in [1.165, 1.54) is 0 Å². The van der Waals surface area contributed by atoms with E-state index in [0.717, 1.165) is 12.8 Å². The highest BCUT2D eigenvalue weighted by Crippen LogP contribution is 2.43. The van der Waals surface area contributed by atoms with Gasteiger partial charge in [-0.2, -0.15) is 13.2 Å². The smallest absolute Gasteiger partial charge is 0.380 e. The minimum absolute atomic E-state index is 0.148. The van der Waals surface area contributed by atoms with E-state index in [1.54, 1.807) is 0 Å². The van der Waals surface area contributed by atoms with Crippen LogP contribution in [0.5, 0.6) is 0 Å². The van der Waals surface area contributed by atoms with Crippen molar-refractivity contribution in [2.75, 3.05) is 0 Å². The van der Waals surface area contributed by atoms with Gasteiger partial charge in [-0.15, -0.1) is 0 Å². The molecule has 2 saturated heterocycles. The van der Waals surface area contributed by atoms with Gasteiger partial charge in [0.25, 0.3) is 0 Å². The van der Waals surface area contributed by atoms with Crippen LogP contribution in [0, 0.1) is 0 Å². The van der Waals surface area contributed by atoms with Gasteiger partial charge >= 0.3 is 6.18 Å². The highest BCUT2D eigenvalue weighted by molar-refractivity contribution is 5.03. The third-order valence-electron chi connectivity index (χ3n) is 3.03. The maximum Gasteiger partial charge on any atom is 0.417 e. The normalized spacial score (nSPS) is 45.2. The number of nitrogens with one attached hydrogen (secondary N) is 1. The number of hydrogen-bond donors (Lipinski definition) is 2. The van der Waals surface area contributed by atoms with Crippen molar-refractivity contribution in [1.29, 1.82) is 0 Å². The Bertz CT molecular complexity index is 204. The summed E-state index contributed by atoms with van der Waals surface area (Å²) in [5, 5.41) is 12.5. The first-order valence-corrected chi connectivity index (χ1v) is 4.46. The number of rotatable bonds is 0. The molecule has 2 bridgehead atoms. The van der Waals surface area contributed by atoms with Crippen LogP contribution in [-0.2, 0) is 0 Å². The second-order valence-electron chi connectivity index (χ2n) is 4.08. The van der Waals surface area contributed by atoms with Crippen molar-refractivity contribution in [3.05, 3.63) is 0 Å². The summed E-state index contributed by atoms with van der Waals surface area (Å²) in [6, 6.07) is -0.296. The van der Waals surface area contributed by atoms with Crippen LogP contribution in [0.2, 0.25) is 0 Å². The van der Waals surface area contributed by atoms with E-state index in [-0.39, 0.29) is 24.9 Å². The Hall–Kier alpha value is -0.290. The molecule has 0 aliphatic carbocycles. The van der Waals surface area contributed by atoms with Gasteiger partial charge in [0.2, 0.25) is 0 Å². The van der Waals surface area contributed by atoms with Crippen LogP contribution in [-0.4, -0.2) is 29.0 Å². The third-order valence-corrected chi connectivity index (χ3v) is 3.03. The minimum Gasteiger partial charge on any atom is -0.380 e. The average Bonchev–Trinajstić information content (AvgIpc) is 2.28. The predicted molar refractivity (Wildman–Crippen MR) is 40.2 cm³/mol. The van der Waals surface area contributed by atoms with E-state index in [4.69, 9.17) is 0 Å². The van der Waals surface area contributed by atoms with Crippen LogP contribution in [0.15, 0.2) is 0 Å². The molecular weight excluding hydrogens is 183 g/mol. The fourth-order valence-corrected chi connectivity index (χ4v) is 2.35. The number of hydrogen-bond acceptors (Lipinski definition) is 2. The molecule has 2 fully saturated rings. The fraction of sp³-hybridized carbons (Fsp3) is 1.00. The number of fused-ring (bicyclic) bond motifs is 2. The first-order valence-electron chi connectivity index (χ1n) is 4.46. The summed E-state index contributed by atoms with van der Waals surface area (Å²) < 4.78 is 37.3. The van der Waals surface area contributed by atoms with Crippen molar-refractivity contribution in [1.82, 2.24) is 5.32 Å². The second kappa shape index (κ2) is 2.60.